The summed E-state index contributed by atoms with van der Waals surface area (Å²) in [5.74, 6) is 0. The Morgan fingerprint density at radius 2 is 0.566 bits per heavy atom. The second kappa shape index (κ2) is 25.9. The number of hydrogen-bond donors (Lipinski definition) is 0. The van der Waals surface area contributed by atoms with Crippen molar-refractivity contribution in [3.05, 3.63) is 362 Å². The second-order valence-corrected chi connectivity index (χ2v) is 41.4. The normalized spacial score (nSPS) is 13.2. The molecule has 0 saturated carbocycles. The SMILES string of the molecule is CC(C)(C)c1cc(-c2cccc(N3c4cc([Si](c5ccccc5)(c5ccccc5)c5ccccc5)ccc4B4c5ccc([Si](c6ccccc6)(c6ccccc6)c6ccccc6)cc5N(c5cc(C(C)(C)C)cc(C(C)(C)C)c5)c5cc(-n6c7ccccc7c7ccccc76)cc3c54)c2)cc(C(C)(C)C)c1. The number of para-hydroxylation sites is 2. The first-order valence-electron chi connectivity index (χ1n) is 37.9. The van der Waals surface area contributed by atoms with Crippen LogP contribution in [0.3, 0.4) is 0 Å². The lowest BCUT2D eigenvalue weighted by Gasteiger charge is -2.46. The quantitative estimate of drug-likeness (QED) is 0.0892. The van der Waals surface area contributed by atoms with Gasteiger partial charge < -0.3 is 14.4 Å². The van der Waals surface area contributed by atoms with Gasteiger partial charge in [0, 0.05) is 44.9 Å². The van der Waals surface area contributed by atoms with Crippen molar-refractivity contribution in [2.24, 2.45) is 0 Å². The van der Waals surface area contributed by atoms with Gasteiger partial charge >= 0.3 is 0 Å². The van der Waals surface area contributed by atoms with Crippen LogP contribution in [0.4, 0.5) is 34.1 Å². The third-order valence-electron chi connectivity index (χ3n) is 23.0. The number of anilines is 6. The van der Waals surface area contributed by atoms with Crippen LogP contribution < -0.4 is 67.7 Å². The molecule has 0 radical (unpaired) electrons. The van der Waals surface area contributed by atoms with Gasteiger partial charge in [-0.25, -0.2) is 0 Å². The summed E-state index contributed by atoms with van der Waals surface area (Å²) in [7, 11) is -6.32. The molecular formula is C100H92BN3Si2. The summed E-state index contributed by atoms with van der Waals surface area (Å²) in [4.78, 5) is 5.43. The monoisotopic (exact) mass is 1400 g/mol. The first-order chi connectivity index (χ1) is 51.1. The number of fused-ring (bicyclic) bond motifs is 7. The molecule has 1 aromatic heterocycles. The fraction of sp³-hybridized carbons (Fsp3) is 0.160. The van der Waals surface area contributed by atoms with E-state index in [2.05, 4.69) is 437 Å². The van der Waals surface area contributed by atoms with Crippen molar-refractivity contribution in [1.29, 1.82) is 0 Å². The molecule has 0 bridgehead atoms. The zero-order valence-corrected chi connectivity index (χ0v) is 65.3. The molecule has 518 valence electrons. The van der Waals surface area contributed by atoms with E-state index in [0.29, 0.717) is 0 Å². The van der Waals surface area contributed by atoms with Crippen LogP contribution in [0.5, 0.6) is 0 Å². The molecule has 106 heavy (non-hydrogen) atoms. The topological polar surface area (TPSA) is 11.4 Å². The summed E-state index contributed by atoms with van der Waals surface area (Å²) in [6.45, 7) is 28.2. The van der Waals surface area contributed by atoms with E-state index < -0.39 is 16.1 Å². The Morgan fingerprint density at radius 1 is 0.236 bits per heavy atom. The number of aromatic nitrogens is 1. The Labute approximate surface area is 630 Å². The van der Waals surface area contributed by atoms with Crippen LogP contribution in [0.25, 0.3) is 38.6 Å². The predicted octanol–water partition coefficient (Wildman–Crippen LogP) is 18.5. The Hall–Kier alpha value is -11.0. The first kappa shape index (κ1) is 68.1. The van der Waals surface area contributed by atoms with E-state index in [1.165, 1.54) is 113 Å². The fourth-order valence-corrected chi connectivity index (χ4v) is 27.1. The summed E-state index contributed by atoms with van der Waals surface area (Å²) in [6.07, 6.45) is 0. The van der Waals surface area contributed by atoms with Crippen molar-refractivity contribution in [1.82, 2.24) is 4.57 Å². The lowest BCUT2D eigenvalue weighted by Crippen LogP contribution is -2.75. The van der Waals surface area contributed by atoms with E-state index in [1.54, 1.807) is 0 Å². The van der Waals surface area contributed by atoms with Crippen molar-refractivity contribution in [2.45, 2.75) is 105 Å². The minimum Gasteiger partial charge on any atom is -0.311 e. The standard InChI is InChI=1S/C100H92BN3Si2/c1-97(2,3)71-58-70(59-72(61-71)98(4,5)6)69-36-35-37-75(60-69)102-92-67-84(105(78-38-19-13-20-39-78,79-40-21-14-22-41-79)80-42-23-15-24-43-80)54-56-88(92)101-89-57-55-85(106(81-44-25-16-26-45-81,82-46-27-17-28-47-82)83-48-29-18-30-49-83)68-93(89)104(76-63-73(99(7,8)9)62-74(64-76)100(10,11)12)95-66-77(65-94(102)96(95)101)103-90-52-33-31-50-86(90)87-51-32-34-53-91(87)103/h13-68H,1-12H3. The molecule has 2 aliphatic rings. The molecule has 3 nitrogen and oxygen atoms in total. The molecule has 14 aromatic carbocycles. The van der Waals surface area contributed by atoms with Crippen molar-refractivity contribution in [2.75, 3.05) is 9.80 Å². The molecule has 0 atom stereocenters. The van der Waals surface area contributed by atoms with Gasteiger partial charge in [-0.15, -0.1) is 0 Å². The van der Waals surface area contributed by atoms with E-state index in [9.17, 15) is 0 Å². The lowest BCUT2D eigenvalue weighted by atomic mass is 9.33. The summed E-state index contributed by atoms with van der Waals surface area (Å²) < 4.78 is 2.57. The molecule has 0 fully saturated rings. The highest BCUT2D eigenvalue weighted by molar-refractivity contribution is 7.20. The highest BCUT2D eigenvalue weighted by atomic mass is 28.3. The van der Waals surface area contributed by atoms with Crippen LogP contribution in [0.2, 0.25) is 0 Å². The summed E-state index contributed by atoms with van der Waals surface area (Å²) in [5.41, 5.74) is 21.3. The molecule has 0 aliphatic carbocycles. The Morgan fingerprint density at radius 3 is 0.925 bits per heavy atom. The highest BCUT2D eigenvalue weighted by Crippen LogP contribution is 2.49. The van der Waals surface area contributed by atoms with Gasteiger partial charge in [0.05, 0.1) is 16.7 Å². The minimum absolute atomic E-state index is 0.0822. The summed E-state index contributed by atoms with van der Waals surface area (Å²) in [5, 5.41) is 13.1. The van der Waals surface area contributed by atoms with E-state index in [-0.39, 0.29) is 28.4 Å². The molecule has 2 aliphatic heterocycles. The first-order valence-corrected chi connectivity index (χ1v) is 41.9. The van der Waals surface area contributed by atoms with Crippen molar-refractivity contribution >= 4 is 137 Å². The second-order valence-electron chi connectivity index (χ2n) is 33.7. The van der Waals surface area contributed by atoms with Gasteiger partial charge in [-0.1, -0.05) is 362 Å². The van der Waals surface area contributed by atoms with Crippen LogP contribution in [0, 0.1) is 0 Å². The molecule has 17 rings (SSSR count). The van der Waals surface area contributed by atoms with E-state index in [1.807, 2.05) is 0 Å². The summed E-state index contributed by atoms with van der Waals surface area (Å²) in [6, 6.07) is 132. The van der Waals surface area contributed by atoms with Crippen molar-refractivity contribution in [3.8, 4) is 16.8 Å². The number of benzene rings is 14. The van der Waals surface area contributed by atoms with Gasteiger partial charge in [0.15, 0.2) is 16.1 Å². The zero-order chi connectivity index (χ0) is 73.1. The molecule has 15 aromatic rings. The van der Waals surface area contributed by atoms with Crippen LogP contribution in [0.15, 0.2) is 340 Å². The number of hydrogen-bond acceptors (Lipinski definition) is 2. The Kier molecular flexibility index (Phi) is 16.7. The lowest BCUT2D eigenvalue weighted by molar-refractivity contribution is 0.568. The molecule has 0 spiro atoms. The van der Waals surface area contributed by atoms with Gasteiger partial charge in [0.2, 0.25) is 0 Å². The van der Waals surface area contributed by atoms with E-state index >= 15 is 0 Å². The molecule has 0 amide bonds. The smallest absolute Gasteiger partial charge is 0.252 e. The fourth-order valence-electron chi connectivity index (χ4n) is 17.5. The Bertz CT molecular complexity index is 5510. The molecule has 6 heteroatoms. The number of nitrogens with zero attached hydrogens (tertiary/aromatic N) is 3. The maximum atomic E-state index is 2.73. The minimum atomic E-state index is -3.17. The van der Waals surface area contributed by atoms with Crippen LogP contribution in [-0.4, -0.2) is 27.4 Å². The maximum Gasteiger partial charge on any atom is 0.252 e. The highest BCUT2D eigenvalue weighted by Gasteiger charge is 2.49. The van der Waals surface area contributed by atoms with Crippen molar-refractivity contribution in [3.63, 3.8) is 0 Å². The molecule has 3 heterocycles. The molecule has 0 saturated heterocycles. The molecular weight excluding hydrogens is 1310 g/mol. The predicted molar refractivity (Wildman–Crippen MR) is 462 cm³/mol. The third-order valence-corrected chi connectivity index (χ3v) is 32.6. The van der Waals surface area contributed by atoms with E-state index in [0.717, 1.165) is 39.5 Å². The zero-order valence-electron chi connectivity index (χ0n) is 63.3. The van der Waals surface area contributed by atoms with Gasteiger partial charge in [0.25, 0.3) is 6.71 Å². The molecule has 0 unspecified atom stereocenters. The van der Waals surface area contributed by atoms with Crippen LogP contribution >= 0.6 is 0 Å². The van der Waals surface area contributed by atoms with Crippen molar-refractivity contribution < 1.29 is 0 Å². The average molecular weight is 1400 g/mol. The number of rotatable bonds is 12. The average Bonchev–Trinajstić information content (AvgIpc) is 0.775. The third kappa shape index (κ3) is 11.4. The van der Waals surface area contributed by atoms with Crippen LogP contribution in [-0.2, 0) is 21.7 Å². The van der Waals surface area contributed by atoms with Gasteiger partial charge in [0.1, 0.15) is 0 Å². The maximum absolute atomic E-state index is 3.17. The van der Waals surface area contributed by atoms with Gasteiger partial charge in [-0.05, 0) is 174 Å². The van der Waals surface area contributed by atoms with Crippen LogP contribution in [0.1, 0.15) is 105 Å². The molecule has 0 N–H and O–H groups in total. The summed E-state index contributed by atoms with van der Waals surface area (Å²) >= 11 is 0. The Balaban J connectivity index is 1.06. The largest absolute Gasteiger partial charge is 0.311 e. The van der Waals surface area contributed by atoms with Gasteiger partial charge in [-0.3, -0.25) is 0 Å². The van der Waals surface area contributed by atoms with E-state index in [4.69, 9.17) is 0 Å². The van der Waals surface area contributed by atoms with Gasteiger partial charge in [-0.2, -0.15) is 0 Å².